The predicted molar refractivity (Wildman–Crippen MR) is 156 cm³/mol. The molecule has 41 heavy (non-hydrogen) atoms. The van der Waals surface area contributed by atoms with Crippen LogP contribution in [0.2, 0.25) is 0 Å². The Balaban J connectivity index is 1.45. The molecule has 3 atom stereocenters. The van der Waals surface area contributed by atoms with Crippen LogP contribution in [0.25, 0.3) is 0 Å². The third-order valence-electron chi connectivity index (χ3n) is 7.42. The number of urea groups is 1. The van der Waals surface area contributed by atoms with E-state index >= 15 is 0 Å². The Bertz CT molecular complexity index is 1340. The first-order chi connectivity index (χ1) is 19.4. The third kappa shape index (κ3) is 7.68. The molecule has 1 aliphatic rings. The maximum atomic E-state index is 13.8. The van der Waals surface area contributed by atoms with Gasteiger partial charge in [-0.15, -0.1) is 0 Å². The third-order valence-corrected chi connectivity index (χ3v) is 7.42. The molecule has 0 unspecified atom stereocenters. The van der Waals surface area contributed by atoms with Crippen molar-refractivity contribution in [2.75, 3.05) is 25.0 Å². The van der Waals surface area contributed by atoms with E-state index in [9.17, 15) is 23.5 Å². The number of amides is 3. The average Bonchev–Trinajstić information content (AvgIpc) is 3.32. The molecule has 0 saturated carbocycles. The summed E-state index contributed by atoms with van der Waals surface area (Å²) in [6, 6.07) is 18.5. The number of likely N-dealkylation sites (N-methyl/N-ethyl adjacent to an activating group) is 1. The molecule has 1 fully saturated rings. The summed E-state index contributed by atoms with van der Waals surface area (Å²) < 4.78 is 27.5. The highest BCUT2D eigenvalue weighted by molar-refractivity contribution is 6.00. The van der Waals surface area contributed by atoms with Crippen molar-refractivity contribution < 1.29 is 23.5 Å². The molecule has 7 nitrogen and oxygen atoms in total. The fourth-order valence-electron chi connectivity index (χ4n) is 5.04. The van der Waals surface area contributed by atoms with Crippen LogP contribution in [0.15, 0.2) is 72.8 Å². The van der Waals surface area contributed by atoms with Crippen LogP contribution in [0.5, 0.6) is 0 Å². The van der Waals surface area contributed by atoms with Crippen LogP contribution in [0.1, 0.15) is 37.5 Å². The SMILES string of the molecule is CN(C(=O)[C@@H]1CN(c2cc(F)cc(F)c2)C(=O)N1)[C@@H](Cc1ccccc1)[C@H](O)CNCc1cccc(C(C)(C)C)c1. The molecule has 0 bridgehead atoms. The van der Waals surface area contributed by atoms with E-state index in [0.717, 1.165) is 34.2 Å². The first-order valence-electron chi connectivity index (χ1n) is 13.8. The molecule has 0 aliphatic carbocycles. The molecule has 9 heteroatoms. The minimum atomic E-state index is -0.947. The number of benzene rings is 3. The summed E-state index contributed by atoms with van der Waals surface area (Å²) in [6.45, 7) is 7.17. The van der Waals surface area contributed by atoms with Crippen LogP contribution < -0.4 is 15.5 Å². The van der Waals surface area contributed by atoms with Crippen LogP contribution in [0.3, 0.4) is 0 Å². The van der Waals surface area contributed by atoms with Gasteiger partial charge in [0.25, 0.3) is 0 Å². The van der Waals surface area contributed by atoms with Crippen LogP contribution in [0, 0.1) is 11.6 Å². The summed E-state index contributed by atoms with van der Waals surface area (Å²) in [4.78, 5) is 28.8. The zero-order valence-electron chi connectivity index (χ0n) is 23.9. The van der Waals surface area contributed by atoms with Gasteiger partial charge in [-0.05, 0) is 40.7 Å². The molecule has 0 spiro atoms. The highest BCUT2D eigenvalue weighted by Crippen LogP contribution is 2.24. The summed E-state index contributed by atoms with van der Waals surface area (Å²) in [5.41, 5.74) is 3.31. The fourth-order valence-corrected chi connectivity index (χ4v) is 5.04. The number of nitrogens with zero attached hydrogens (tertiary/aromatic N) is 2. The van der Waals surface area contributed by atoms with Crippen LogP contribution in [-0.2, 0) is 23.2 Å². The lowest BCUT2D eigenvalue weighted by Crippen LogP contribution is -2.54. The van der Waals surface area contributed by atoms with Gasteiger partial charge in [0.1, 0.15) is 17.7 Å². The molecule has 0 radical (unpaired) electrons. The topological polar surface area (TPSA) is 84.9 Å². The van der Waals surface area contributed by atoms with Crippen molar-refractivity contribution in [2.24, 2.45) is 0 Å². The summed E-state index contributed by atoms with van der Waals surface area (Å²) in [7, 11) is 1.60. The summed E-state index contributed by atoms with van der Waals surface area (Å²) in [6.07, 6.45) is -0.522. The van der Waals surface area contributed by atoms with Gasteiger partial charge in [-0.1, -0.05) is 75.4 Å². The van der Waals surface area contributed by atoms with Gasteiger partial charge in [-0.3, -0.25) is 9.69 Å². The number of rotatable bonds is 10. The number of hydrogen-bond acceptors (Lipinski definition) is 4. The number of nitrogens with one attached hydrogen (secondary N) is 2. The Morgan fingerprint density at radius 3 is 2.37 bits per heavy atom. The fraction of sp³-hybridized carbons (Fsp3) is 0.375. The Morgan fingerprint density at radius 2 is 1.71 bits per heavy atom. The maximum Gasteiger partial charge on any atom is 0.322 e. The summed E-state index contributed by atoms with van der Waals surface area (Å²) in [5, 5.41) is 17.2. The van der Waals surface area contributed by atoms with Crippen molar-refractivity contribution in [1.29, 1.82) is 0 Å². The highest BCUT2D eigenvalue weighted by atomic mass is 19.1. The Kier molecular flexibility index (Phi) is 9.40. The molecular formula is C32H38F2N4O3. The van der Waals surface area contributed by atoms with Gasteiger partial charge in [0.05, 0.1) is 24.4 Å². The summed E-state index contributed by atoms with van der Waals surface area (Å²) in [5.74, 6) is -2.04. The lowest BCUT2D eigenvalue weighted by molar-refractivity contribution is -0.135. The standard InChI is InChI=1S/C32H38F2N4O3/c1-32(2,3)23-12-8-11-22(13-23)18-35-19-29(39)28(14-21-9-6-5-7-10-21)37(4)30(40)27-20-38(31(41)36-27)26-16-24(33)15-25(34)17-26/h5-13,15-17,27-29,35,39H,14,18-20H2,1-4H3,(H,36,41)/t27-,28-,29+/m0/s1. The first kappa shape index (κ1) is 30.1. The van der Waals surface area contributed by atoms with Crippen molar-refractivity contribution in [3.05, 3.63) is 101 Å². The van der Waals surface area contributed by atoms with E-state index < -0.39 is 41.8 Å². The van der Waals surface area contributed by atoms with Gasteiger partial charge in [-0.2, -0.15) is 0 Å². The number of aliphatic hydroxyl groups is 1. The number of carbonyl (C=O) groups is 2. The molecule has 1 saturated heterocycles. The molecular weight excluding hydrogens is 526 g/mol. The number of halogens is 2. The molecule has 0 aromatic heterocycles. The number of aliphatic hydroxyl groups excluding tert-OH is 1. The van der Waals surface area contributed by atoms with E-state index in [-0.39, 0.29) is 24.2 Å². The zero-order valence-corrected chi connectivity index (χ0v) is 23.9. The molecule has 218 valence electrons. The minimum absolute atomic E-state index is 0.0213. The van der Waals surface area contributed by atoms with E-state index in [1.54, 1.807) is 7.05 Å². The monoisotopic (exact) mass is 564 g/mol. The second-order valence-electron chi connectivity index (χ2n) is 11.6. The Morgan fingerprint density at radius 1 is 1.05 bits per heavy atom. The largest absolute Gasteiger partial charge is 0.390 e. The molecule has 1 heterocycles. The van der Waals surface area contributed by atoms with Crippen LogP contribution in [0.4, 0.5) is 19.3 Å². The maximum absolute atomic E-state index is 13.8. The van der Waals surface area contributed by atoms with E-state index in [1.807, 2.05) is 42.5 Å². The summed E-state index contributed by atoms with van der Waals surface area (Å²) >= 11 is 0. The van der Waals surface area contributed by atoms with E-state index in [1.165, 1.54) is 10.5 Å². The number of carbonyl (C=O) groups excluding carboxylic acids is 2. The Labute approximate surface area is 240 Å². The van der Waals surface area contributed by atoms with Gasteiger partial charge >= 0.3 is 6.03 Å². The Hall–Kier alpha value is -3.82. The minimum Gasteiger partial charge on any atom is -0.390 e. The average molecular weight is 565 g/mol. The lowest BCUT2D eigenvalue weighted by Gasteiger charge is -2.34. The van der Waals surface area contributed by atoms with Gasteiger partial charge in [0.2, 0.25) is 5.91 Å². The number of anilines is 1. The van der Waals surface area contributed by atoms with Gasteiger partial charge in [0.15, 0.2) is 0 Å². The van der Waals surface area contributed by atoms with Crippen LogP contribution in [-0.4, -0.2) is 60.3 Å². The quantitative estimate of drug-likeness (QED) is 0.341. The second-order valence-corrected chi connectivity index (χ2v) is 11.6. The molecule has 3 amide bonds. The van der Waals surface area contributed by atoms with E-state index in [2.05, 4.69) is 43.5 Å². The highest BCUT2D eigenvalue weighted by Gasteiger charge is 2.39. The van der Waals surface area contributed by atoms with Crippen molar-refractivity contribution in [3.63, 3.8) is 0 Å². The van der Waals surface area contributed by atoms with Gasteiger partial charge in [-0.25, -0.2) is 13.6 Å². The predicted octanol–water partition coefficient (Wildman–Crippen LogP) is 4.38. The van der Waals surface area contributed by atoms with E-state index in [4.69, 9.17) is 0 Å². The molecule has 4 rings (SSSR count). The first-order valence-corrected chi connectivity index (χ1v) is 13.8. The molecule has 3 aromatic carbocycles. The molecule has 3 N–H and O–H groups in total. The smallest absolute Gasteiger partial charge is 0.322 e. The molecule has 1 aliphatic heterocycles. The van der Waals surface area contributed by atoms with Crippen molar-refractivity contribution in [1.82, 2.24) is 15.5 Å². The molecule has 3 aromatic rings. The van der Waals surface area contributed by atoms with Crippen molar-refractivity contribution in [3.8, 4) is 0 Å². The second kappa shape index (κ2) is 12.8. The van der Waals surface area contributed by atoms with Crippen molar-refractivity contribution >= 4 is 17.6 Å². The van der Waals surface area contributed by atoms with Crippen LogP contribution >= 0.6 is 0 Å². The van der Waals surface area contributed by atoms with Gasteiger partial charge < -0.3 is 20.6 Å². The van der Waals surface area contributed by atoms with Gasteiger partial charge in [0, 0.05) is 26.2 Å². The zero-order chi connectivity index (χ0) is 29.7. The lowest BCUT2D eigenvalue weighted by atomic mass is 9.86. The normalized spacial score (nSPS) is 16.8. The number of hydrogen-bond donors (Lipinski definition) is 3. The van der Waals surface area contributed by atoms with E-state index in [0.29, 0.717) is 13.0 Å². The van der Waals surface area contributed by atoms with Crippen molar-refractivity contribution in [2.45, 2.75) is 57.3 Å².